The topological polar surface area (TPSA) is 81.8 Å². The Labute approximate surface area is 92.8 Å². The van der Waals surface area contributed by atoms with Gasteiger partial charge in [0, 0.05) is 6.04 Å². The molecule has 0 bridgehead atoms. The Morgan fingerprint density at radius 1 is 1.38 bits per heavy atom. The van der Waals surface area contributed by atoms with Crippen LogP contribution in [0.1, 0.15) is 18.0 Å². The maximum atomic E-state index is 10.5. The van der Waals surface area contributed by atoms with Crippen molar-refractivity contribution in [3.8, 4) is 11.5 Å². The Bertz CT molecular complexity index is 405. The van der Waals surface area contributed by atoms with Crippen molar-refractivity contribution in [1.82, 2.24) is 0 Å². The molecular weight excluding hydrogens is 210 g/mol. The second-order valence-electron chi connectivity index (χ2n) is 3.61. The molecule has 1 aliphatic heterocycles. The number of ether oxygens (including phenoxy) is 2. The van der Waals surface area contributed by atoms with Gasteiger partial charge in [-0.3, -0.25) is 4.79 Å². The molecule has 1 heterocycles. The van der Waals surface area contributed by atoms with Crippen LogP contribution in [0.5, 0.6) is 11.5 Å². The van der Waals surface area contributed by atoms with E-state index in [1.165, 1.54) is 0 Å². The molecule has 1 aromatic carbocycles. The highest BCUT2D eigenvalue weighted by Crippen LogP contribution is 2.32. The summed E-state index contributed by atoms with van der Waals surface area (Å²) in [5, 5.41) is 8.65. The molecule has 16 heavy (non-hydrogen) atoms. The van der Waals surface area contributed by atoms with Crippen molar-refractivity contribution >= 4 is 5.97 Å². The monoisotopic (exact) mass is 223 g/mol. The summed E-state index contributed by atoms with van der Waals surface area (Å²) in [6.07, 6.45) is -0.0976. The number of carboxylic acids is 1. The molecule has 0 aromatic heterocycles. The average molecular weight is 223 g/mol. The van der Waals surface area contributed by atoms with E-state index in [-0.39, 0.29) is 6.42 Å². The molecule has 0 spiro atoms. The molecule has 3 N–H and O–H groups in total. The van der Waals surface area contributed by atoms with E-state index in [4.69, 9.17) is 20.3 Å². The Hall–Kier alpha value is -1.75. The van der Waals surface area contributed by atoms with Crippen LogP contribution in [0.3, 0.4) is 0 Å². The number of carbonyl (C=O) groups is 1. The molecule has 0 amide bonds. The molecule has 86 valence electrons. The standard InChI is InChI=1S/C11H13NO4/c12-8(6-11(13)14)7-1-2-9-10(5-7)16-4-3-15-9/h1-2,5,8H,3-4,6,12H2,(H,13,14)/t8-/m0/s1. The van der Waals surface area contributed by atoms with E-state index in [2.05, 4.69) is 0 Å². The van der Waals surface area contributed by atoms with Crippen molar-refractivity contribution in [1.29, 1.82) is 0 Å². The summed E-state index contributed by atoms with van der Waals surface area (Å²) in [5.41, 5.74) is 6.49. The van der Waals surface area contributed by atoms with Crippen molar-refractivity contribution in [2.24, 2.45) is 5.73 Å². The minimum atomic E-state index is -0.914. The zero-order valence-electron chi connectivity index (χ0n) is 8.68. The van der Waals surface area contributed by atoms with Crippen molar-refractivity contribution in [2.45, 2.75) is 12.5 Å². The van der Waals surface area contributed by atoms with Gasteiger partial charge in [-0.25, -0.2) is 0 Å². The molecule has 0 saturated heterocycles. The molecule has 0 saturated carbocycles. The van der Waals surface area contributed by atoms with Gasteiger partial charge in [0.25, 0.3) is 0 Å². The van der Waals surface area contributed by atoms with Gasteiger partial charge in [0.05, 0.1) is 6.42 Å². The van der Waals surface area contributed by atoms with E-state index >= 15 is 0 Å². The van der Waals surface area contributed by atoms with E-state index in [1.807, 2.05) is 0 Å². The lowest BCUT2D eigenvalue weighted by molar-refractivity contribution is -0.137. The first-order valence-electron chi connectivity index (χ1n) is 5.04. The summed E-state index contributed by atoms with van der Waals surface area (Å²) >= 11 is 0. The number of carboxylic acid groups (broad SMARTS) is 1. The Balaban J connectivity index is 2.19. The van der Waals surface area contributed by atoms with Gasteiger partial charge in [-0.15, -0.1) is 0 Å². The molecule has 1 atom stereocenters. The largest absolute Gasteiger partial charge is 0.486 e. The maximum absolute atomic E-state index is 10.5. The quantitative estimate of drug-likeness (QED) is 0.796. The van der Waals surface area contributed by atoms with Crippen LogP contribution >= 0.6 is 0 Å². The van der Waals surface area contributed by atoms with Gasteiger partial charge in [-0.05, 0) is 17.7 Å². The van der Waals surface area contributed by atoms with E-state index in [1.54, 1.807) is 18.2 Å². The van der Waals surface area contributed by atoms with E-state index < -0.39 is 12.0 Å². The van der Waals surface area contributed by atoms with Crippen LogP contribution < -0.4 is 15.2 Å². The predicted octanol–water partition coefficient (Wildman–Crippen LogP) is 0.932. The van der Waals surface area contributed by atoms with Gasteiger partial charge >= 0.3 is 5.97 Å². The fraction of sp³-hybridized carbons (Fsp3) is 0.364. The highest BCUT2D eigenvalue weighted by Gasteiger charge is 2.16. The fourth-order valence-electron chi connectivity index (χ4n) is 1.60. The van der Waals surface area contributed by atoms with Gasteiger partial charge < -0.3 is 20.3 Å². The van der Waals surface area contributed by atoms with Crippen LogP contribution in [-0.2, 0) is 4.79 Å². The van der Waals surface area contributed by atoms with Crippen molar-refractivity contribution < 1.29 is 19.4 Å². The van der Waals surface area contributed by atoms with Crippen molar-refractivity contribution in [2.75, 3.05) is 13.2 Å². The molecule has 5 nitrogen and oxygen atoms in total. The van der Waals surface area contributed by atoms with Gasteiger partial charge in [-0.1, -0.05) is 6.07 Å². The first-order chi connectivity index (χ1) is 7.66. The lowest BCUT2D eigenvalue weighted by atomic mass is 10.0. The number of hydrogen-bond acceptors (Lipinski definition) is 4. The van der Waals surface area contributed by atoms with Crippen molar-refractivity contribution in [3.05, 3.63) is 23.8 Å². The second-order valence-corrected chi connectivity index (χ2v) is 3.61. The molecular formula is C11H13NO4. The minimum absolute atomic E-state index is 0.0976. The molecule has 0 radical (unpaired) electrons. The number of hydrogen-bond donors (Lipinski definition) is 2. The van der Waals surface area contributed by atoms with Gasteiger partial charge in [0.2, 0.25) is 0 Å². The summed E-state index contributed by atoms with van der Waals surface area (Å²) in [6, 6.07) is 4.74. The number of fused-ring (bicyclic) bond motifs is 1. The molecule has 0 fully saturated rings. The van der Waals surface area contributed by atoms with Crippen LogP contribution in [0.25, 0.3) is 0 Å². The number of aliphatic carboxylic acids is 1. The normalized spacial score (nSPS) is 15.6. The summed E-state index contributed by atoms with van der Waals surface area (Å²) < 4.78 is 10.7. The van der Waals surface area contributed by atoms with Crippen LogP contribution in [0.2, 0.25) is 0 Å². The van der Waals surface area contributed by atoms with E-state index in [9.17, 15) is 4.79 Å². The lowest BCUT2D eigenvalue weighted by Crippen LogP contribution is -2.18. The lowest BCUT2D eigenvalue weighted by Gasteiger charge is -2.20. The van der Waals surface area contributed by atoms with Crippen LogP contribution in [0.4, 0.5) is 0 Å². The van der Waals surface area contributed by atoms with Gasteiger partial charge in [0.15, 0.2) is 11.5 Å². The second kappa shape index (κ2) is 4.40. The number of benzene rings is 1. The molecule has 2 rings (SSSR count). The molecule has 0 unspecified atom stereocenters. The van der Waals surface area contributed by atoms with Crippen LogP contribution in [0, 0.1) is 0 Å². The SMILES string of the molecule is N[C@@H](CC(=O)O)c1ccc2c(c1)OCCO2. The smallest absolute Gasteiger partial charge is 0.305 e. The Kier molecular flexibility index (Phi) is 2.96. The maximum Gasteiger partial charge on any atom is 0.305 e. The molecule has 1 aliphatic rings. The van der Waals surface area contributed by atoms with Crippen LogP contribution in [-0.4, -0.2) is 24.3 Å². The first kappa shape index (κ1) is 10.8. The highest BCUT2D eigenvalue weighted by molar-refractivity contribution is 5.68. The third-order valence-corrected chi connectivity index (χ3v) is 2.39. The zero-order valence-corrected chi connectivity index (χ0v) is 8.68. The van der Waals surface area contributed by atoms with Gasteiger partial charge in [0.1, 0.15) is 13.2 Å². The zero-order chi connectivity index (χ0) is 11.5. The van der Waals surface area contributed by atoms with Gasteiger partial charge in [-0.2, -0.15) is 0 Å². The fourth-order valence-corrected chi connectivity index (χ4v) is 1.60. The van der Waals surface area contributed by atoms with E-state index in [0.29, 0.717) is 24.7 Å². The summed E-state index contributed by atoms with van der Waals surface area (Å²) in [7, 11) is 0. The molecule has 5 heteroatoms. The van der Waals surface area contributed by atoms with Crippen LogP contribution in [0.15, 0.2) is 18.2 Å². The number of rotatable bonds is 3. The number of nitrogens with two attached hydrogens (primary N) is 1. The Morgan fingerprint density at radius 3 is 2.75 bits per heavy atom. The third-order valence-electron chi connectivity index (χ3n) is 2.39. The summed E-state index contributed by atoms with van der Waals surface area (Å²) in [4.78, 5) is 10.5. The average Bonchev–Trinajstić information content (AvgIpc) is 2.27. The van der Waals surface area contributed by atoms with E-state index in [0.717, 1.165) is 5.56 Å². The summed E-state index contributed by atoms with van der Waals surface area (Å²) in [5.74, 6) is 0.393. The molecule has 1 aromatic rings. The minimum Gasteiger partial charge on any atom is -0.486 e. The predicted molar refractivity (Wildman–Crippen MR) is 56.6 cm³/mol. The summed E-state index contributed by atoms with van der Waals surface area (Å²) in [6.45, 7) is 1.04. The molecule has 0 aliphatic carbocycles. The van der Waals surface area contributed by atoms with Crippen molar-refractivity contribution in [3.63, 3.8) is 0 Å². The highest BCUT2D eigenvalue weighted by atomic mass is 16.6. The Morgan fingerprint density at radius 2 is 2.06 bits per heavy atom. The third kappa shape index (κ3) is 2.25. The first-order valence-corrected chi connectivity index (χ1v) is 5.04.